The van der Waals surface area contributed by atoms with Gasteiger partial charge in [0.2, 0.25) is 5.91 Å². The Morgan fingerprint density at radius 2 is 2.14 bits per heavy atom. The van der Waals surface area contributed by atoms with Gasteiger partial charge in [-0.3, -0.25) is 4.79 Å². The second-order valence-corrected chi connectivity index (χ2v) is 5.61. The van der Waals surface area contributed by atoms with Gasteiger partial charge in [0, 0.05) is 6.54 Å². The Labute approximate surface area is 125 Å². The zero-order valence-corrected chi connectivity index (χ0v) is 12.6. The molecule has 1 aromatic rings. The molecule has 0 radical (unpaired) electrons. The fraction of sp³-hybridized carbons (Fsp3) is 0.562. The van der Waals surface area contributed by atoms with Gasteiger partial charge in [0.05, 0.1) is 19.2 Å². The van der Waals surface area contributed by atoms with Crippen LogP contribution in [0.15, 0.2) is 24.3 Å². The Hall–Kier alpha value is -1.46. The summed E-state index contributed by atoms with van der Waals surface area (Å²) in [6.45, 7) is 5.51. The maximum Gasteiger partial charge on any atom is 0.239 e. The van der Waals surface area contributed by atoms with Gasteiger partial charge < -0.3 is 15.4 Å². The summed E-state index contributed by atoms with van der Waals surface area (Å²) < 4.78 is 18.7. The Kier molecular flexibility index (Phi) is 5.31. The molecule has 0 saturated carbocycles. The van der Waals surface area contributed by atoms with Crippen LogP contribution in [0, 0.1) is 11.7 Å². The van der Waals surface area contributed by atoms with Crippen molar-refractivity contribution in [3.63, 3.8) is 0 Å². The minimum Gasteiger partial charge on any atom is -0.370 e. The number of ether oxygens (including phenoxy) is 1. The lowest BCUT2D eigenvalue weighted by molar-refractivity contribution is -0.141. The highest BCUT2D eigenvalue weighted by molar-refractivity contribution is 5.82. The highest BCUT2D eigenvalue weighted by atomic mass is 19.1. The van der Waals surface area contributed by atoms with Crippen LogP contribution in [0.3, 0.4) is 0 Å². The van der Waals surface area contributed by atoms with Gasteiger partial charge in [-0.1, -0.05) is 32.4 Å². The molecule has 1 saturated heterocycles. The minimum absolute atomic E-state index is 0.0280. The lowest BCUT2D eigenvalue weighted by atomic mass is 9.98. The maximum absolute atomic E-state index is 13.0. The maximum atomic E-state index is 13.0. The average molecular weight is 294 g/mol. The molecule has 0 aliphatic carbocycles. The van der Waals surface area contributed by atoms with E-state index in [1.165, 1.54) is 12.1 Å². The number of carbonyl (C=O) groups is 1. The second kappa shape index (κ2) is 7.00. The third kappa shape index (κ3) is 3.80. The zero-order valence-electron chi connectivity index (χ0n) is 12.6. The molecule has 3 atom stereocenters. The van der Waals surface area contributed by atoms with Crippen molar-refractivity contribution < 1.29 is 13.9 Å². The van der Waals surface area contributed by atoms with Gasteiger partial charge in [-0.25, -0.2) is 4.39 Å². The largest absolute Gasteiger partial charge is 0.370 e. The third-order valence-electron chi connectivity index (χ3n) is 4.16. The molecule has 116 valence electrons. The Morgan fingerprint density at radius 3 is 2.76 bits per heavy atom. The van der Waals surface area contributed by atoms with E-state index >= 15 is 0 Å². The fourth-order valence-electron chi connectivity index (χ4n) is 2.44. The number of morpholine rings is 1. The molecule has 1 aliphatic heterocycles. The molecule has 1 aliphatic rings. The van der Waals surface area contributed by atoms with E-state index in [1.54, 1.807) is 17.0 Å². The van der Waals surface area contributed by atoms with Crippen LogP contribution in [0.2, 0.25) is 0 Å². The van der Waals surface area contributed by atoms with Crippen LogP contribution in [0.1, 0.15) is 31.9 Å². The van der Waals surface area contributed by atoms with E-state index in [4.69, 9.17) is 10.5 Å². The molecule has 0 bridgehead atoms. The highest BCUT2D eigenvalue weighted by Gasteiger charge is 2.30. The summed E-state index contributed by atoms with van der Waals surface area (Å²) >= 11 is 0. The van der Waals surface area contributed by atoms with Gasteiger partial charge in [0.25, 0.3) is 0 Å². The topological polar surface area (TPSA) is 55.6 Å². The third-order valence-corrected chi connectivity index (χ3v) is 4.16. The van der Waals surface area contributed by atoms with E-state index in [2.05, 4.69) is 0 Å². The van der Waals surface area contributed by atoms with Crippen LogP contribution in [-0.4, -0.2) is 36.5 Å². The minimum atomic E-state index is -0.470. The van der Waals surface area contributed by atoms with Crippen LogP contribution in [-0.2, 0) is 9.53 Å². The number of nitrogens with two attached hydrogens (primary N) is 1. The number of nitrogens with zero attached hydrogens (tertiary/aromatic N) is 1. The van der Waals surface area contributed by atoms with Crippen LogP contribution in [0.25, 0.3) is 0 Å². The number of rotatable bonds is 4. The SMILES string of the molecule is CCC(C)[C@H](N)C(=O)N1CCOC(c2ccc(F)cc2)C1. The fourth-order valence-corrected chi connectivity index (χ4v) is 2.44. The molecule has 5 heteroatoms. The van der Waals surface area contributed by atoms with Crippen LogP contribution >= 0.6 is 0 Å². The van der Waals surface area contributed by atoms with Crippen molar-refractivity contribution in [2.24, 2.45) is 11.7 Å². The Bertz CT molecular complexity index is 478. The first-order valence-electron chi connectivity index (χ1n) is 7.44. The van der Waals surface area contributed by atoms with E-state index in [0.29, 0.717) is 19.7 Å². The first-order valence-corrected chi connectivity index (χ1v) is 7.44. The van der Waals surface area contributed by atoms with Gasteiger partial charge in [0.1, 0.15) is 11.9 Å². The lowest BCUT2D eigenvalue weighted by Gasteiger charge is -2.35. The highest BCUT2D eigenvalue weighted by Crippen LogP contribution is 2.23. The van der Waals surface area contributed by atoms with E-state index in [0.717, 1.165) is 12.0 Å². The quantitative estimate of drug-likeness (QED) is 0.925. The van der Waals surface area contributed by atoms with Crippen molar-refractivity contribution >= 4 is 5.91 Å². The molecular weight excluding hydrogens is 271 g/mol. The average Bonchev–Trinajstić information content (AvgIpc) is 2.53. The Morgan fingerprint density at radius 1 is 1.48 bits per heavy atom. The second-order valence-electron chi connectivity index (χ2n) is 5.61. The lowest BCUT2D eigenvalue weighted by Crippen LogP contribution is -2.51. The summed E-state index contributed by atoms with van der Waals surface area (Å²) in [5.74, 6) is -0.148. The van der Waals surface area contributed by atoms with Crippen molar-refractivity contribution in [3.8, 4) is 0 Å². The van der Waals surface area contributed by atoms with Crippen molar-refractivity contribution in [2.75, 3.05) is 19.7 Å². The summed E-state index contributed by atoms with van der Waals surface area (Å²) in [5, 5.41) is 0. The standard InChI is InChI=1S/C16H23FN2O2/c1-3-11(2)15(18)16(20)19-8-9-21-14(10-19)12-4-6-13(17)7-5-12/h4-7,11,14-15H,3,8-10,18H2,1-2H3/t11?,14?,15-/m0/s1. The molecule has 1 amide bonds. The normalized spacial score (nSPS) is 21.9. The van der Waals surface area contributed by atoms with Gasteiger partial charge in [-0.05, 0) is 23.6 Å². The monoisotopic (exact) mass is 294 g/mol. The van der Waals surface area contributed by atoms with Crippen molar-refractivity contribution in [1.82, 2.24) is 4.90 Å². The summed E-state index contributed by atoms with van der Waals surface area (Å²) in [4.78, 5) is 14.2. The van der Waals surface area contributed by atoms with Gasteiger partial charge in [-0.15, -0.1) is 0 Å². The molecule has 0 spiro atoms. The summed E-state index contributed by atoms with van der Waals surface area (Å²) in [7, 11) is 0. The number of carbonyl (C=O) groups excluding carboxylic acids is 1. The molecular formula is C16H23FN2O2. The molecule has 1 aromatic carbocycles. The van der Waals surface area contributed by atoms with Crippen molar-refractivity contribution in [2.45, 2.75) is 32.4 Å². The summed E-state index contributed by atoms with van der Waals surface area (Å²) in [6, 6.07) is 5.74. The van der Waals surface area contributed by atoms with Gasteiger partial charge in [-0.2, -0.15) is 0 Å². The first-order chi connectivity index (χ1) is 10.0. The number of hydrogen-bond acceptors (Lipinski definition) is 3. The Balaban J connectivity index is 2.03. The molecule has 1 fully saturated rings. The number of benzene rings is 1. The van der Waals surface area contributed by atoms with E-state index in [1.807, 2.05) is 13.8 Å². The van der Waals surface area contributed by atoms with Gasteiger partial charge >= 0.3 is 0 Å². The predicted octanol–water partition coefficient (Wildman–Crippen LogP) is 2.10. The molecule has 2 unspecified atom stereocenters. The number of hydrogen-bond donors (Lipinski definition) is 1. The first kappa shape index (κ1) is 15.9. The number of halogens is 1. The molecule has 2 rings (SSSR count). The van der Waals surface area contributed by atoms with Gasteiger partial charge in [0.15, 0.2) is 0 Å². The predicted molar refractivity (Wildman–Crippen MR) is 79.1 cm³/mol. The molecule has 0 aromatic heterocycles. The van der Waals surface area contributed by atoms with E-state index in [-0.39, 0.29) is 23.7 Å². The molecule has 2 N–H and O–H groups in total. The smallest absolute Gasteiger partial charge is 0.239 e. The molecule has 1 heterocycles. The van der Waals surface area contributed by atoms with E-state index in [9.17, 15) is 9.18 Å². The van der Waals surface area contributed by atoms with Crippen molar-refractivity contribution in [1.29, 1.82) is 0 Å². The summed E-state index contributed by atoms with van der Waals surface area (Å²) in [6.07, 6.45) is 0.658. The molecule has 4 nitrogen and oxygen atoms in total. The van der Waals surface area contributed by atoms with Crippen LogP contribution < -0.4 is 5.73 Å². The van der Waals surface area contributed by atoms with E-state index < -0.39 is 6.04 Å². The van der Waals surface area contributed by atoms with Crippen LogP contribution in [0.5, 0.6) is 0 Å². The number of amides is 1. The van der Waals surface area contributed by atoms with Crippen LogP contribution in [0.4, 0.5) is 4.39 Å². The zero-order chi connectivity index (χ0) is 15.4. The van der Waals surface area contributed by atoms with Crippen molar-refractivity contribution in [3.05, 3.63) is 35.6 Å². The molecule has 21 heavy (non-hydrogen) atoms. The summed E-state index contributed by atoms with van der Waals surface area (Å²) in [5.41, 5.74) is 6.91.